The zero-order valence-corrected chi connectivity index (χ0v) is 17.9. The van der Waals surface area contributed by atoms with Gasteiger partial charge in [-0.3, -0.25) is 9.10 Å². The van der Waals surface area contributed by atoms with Gasteiger partial charge in [-0.1, -0.05) is 26.0 Å². The van der Waals surface area contributed by atoms with Crippen LogP contribution in [0.4, 0.5) is 10.1 Å². The molecule has 0 saturated carbocycles. The Hall–Kier alpha value is -2.61. The minimum Gasteiger partial charge on any atom is -0.497 e. The second kappa shape index (κ2) is 9.73. The zero-order valence-electron chi connectivity index (χ0n) is 17.1. The second-order valence-electron chi connectivity index (χ2n) is 6.70. The van der Waals surface area contributed by atoms with Gasteiger partial charge < -0.3 is 10.1 Å². The lowest BCUT2D eigenvalue weighted by Crippen LogP contribution is -2.50. The van der Waals surface area contributed by atoms with E-state index in [0.717, 1.165) is 16.1 Å². The number of carbonyl (C=O) groups is 1. The quantitative estimate of drug-likeness (QED) is 0.669. The molecule has 0 saturated heterocycles. The van der Waals surface area contributed by atoms with Gasteiger partial charge in [-0.2, -0.15) is 0 Å². The Morgan fingerprint density at radius 1 is 1.07 bits per heavy atom. The van der Waals surface area contributed by atoms with Crippen LogP contribution in [0.15, 0.2) is 48.5 Å². The number of nitrogens with zero attached hydrogens (tertiary/aromatic N) is 1. The molecule has 8 heteroatoms. The molecule has 2 rings (SSSR count). The van der Waals surface area contributed by atoms with Crippen molar-refractivity contribution in [1.82, 2.24) is 5.32 Å². The minimum absolute atomic E-state index is 0.244. The Balaban J connectivity index is 2.30. The molecule has 2 atom stereocenters. The van der Waals surface area contributed by atoms with Crippen molar-refractivity contribution in [2.24, 2.45) is 0 Å². The Morgan fingerprint density at radius 2 is 1.66 bits per heavy atom. The molecule has 0 bridgehead atoms. The summed E-state index contributed by atoms with van der Waals surface area (Å²) in [6.45, 7) is 3.67. The van der Waals surface area contributed by atoms with Gasteiger partial charge >= 0.3 is 0 Å². The summed E-state index contributed by atoms with van der Waals surface area (Å²) in [6.07, 6.45) is 1.92. The summed E-state index contributed by atoms with van der Waals surface area (Å²) in [7, 11) is -2.19. The summed E-state index contributed by atoms with van der Waals surface area (Å²) in [5, 5.41) is 2.95. The zero-order chi connectivity index (χ0) is 21.6. The molecule has 2 aromatic carbocycles. The maximum atomic E-state index is 13.3. The van der Waals surface area contributed by atoms with Crippen LogP contribution >= 0.6 is 0 Å². The largest absolute Gasteiger partial charge is 0.497 e. The van der Waals surface area contributed by atoms with Crippen molar-refractivity contribution in [2.45, 2.75) is 38.8 Å². The van der Waals surface area contributed by atoms with Crippen LogP contribution in [0.1, 0.15) is 38.3 Å². The fourth-order valence-corrected chi connectivity index (χ4v) is 4.39. The molecule has 29 heavy (non-hydrogen) atoms. The second-order valence-corrected chi connectivity index (χ2v) is 8.56. The first-order valence-electron chi connectivity index (χ1n) is 9.40. The highest BCUT2D eigenvalue weighted by Gasteiger charge is 2.32. The van der Waals surface area contributed by atoms with Crippen LogP contribution in [0, 0.1) is 5.82 Å². The molecule has 2 aromatic rings. The van der Waals surface area contributed by atoms with Gasteiger partial charge in [0.1, 0.15) is 17.6 Å². The van der Waals surface area contributed by atoms with E-state index >= 15 is 0 Å². The highest BCUT2D eigenvalue weighted by Crippen LogP contribution is 2.25. The first-order valence-corrected chi connectivity index (χ1v) is 11.2. The molecule has 0 spiro atoms. The average Bonchev–Trinajstić information content (AvgIpc) is 2.70. The van der Waals surface area contributed by atoms with Gasteiger partial charge in [0.2, 0.25) is 15.9 Å². The number of methoxy groups -OCH3 is 1. The maximum Gasteiger partial charge on any atom is 0.244 e. The third-order valence-corrected chi connectivity index (χ3v) is 5.83. The van der Waals surface area contributed by atoms with Crippen molar-refractivity contribution in [2.75, 3.05) is 17.7 Å². The van der Waals surface area contributed by atoms with Crippen LogP contribution in [0.3, 0.4) is 0 Å². The molecule has 0 aliphatic rings. The van der Waals surface area contributed by atoms with Crippen LogP contribution in [0.2, 0.25) is 0 Å². The number of anilines is 1. The Morgan fingerprint density at radius 3 is 2.10 bits per heavy atom. The van der Waals surface area contributed by atoms with Crippen molar-refractivity contribution < 1.29 is 22.3 Å². The molecular formula is C21H27FN2O4S. The third-order valence-electron chi connectivity index (χ3n) is 4.65. The van der Waals surface area contributed by atoms with E-state index in [4.69, 9.17) is 4.74 Å². The predicted molar refractivity (Wildman–Crippen MR) is 112 cm³/mol. The van der Waals surface area contributed by atoms with Crippen LogP contribution in [0.25, 0.3) is 0 Å². The number of rotatable bonds is 9. The molecule has 0 aromatic heterocycles. The number of hydrogen-bond acceptors (Lipinski definition) is 4. The highest BCUT2D eigenvalue weighted by atomic mass is 32.2. The first-order chi connectivity index (χ1) is 13.7. The fourth-order valence-electron chi connectivity index (χ4n) is 3.17. The van der Waals surface area contributed by atoms with Gasteiger partial charge in [-0.15, -0.1) is 0 Å². The van der Waals surface area contributed by atoms with E-state index in [-0.39, 0.29) is 18.2 Å². The van der Waals surface area contributed by atoms with E-state index in [1.807, 2.05) is 31.2 Å². The molecule has 0 aliphatic heterocycles. The van der Waals surface area contributed by atoms with E-state index in [0.29, 0.717) is 12.2 Å². The number of nitrogens with one attached hydrogen (secondary N) is 1. The number of sulfonamides is 1. The molecule has 0 fully saturated rings. The van der Waals surface area contributed by atoms with Crippen LogP contribution < -0.4 is 14.4 Å². The minimum atomic E-state index is -3.77. The lowest BCUT2D eigenvalue weighted by molar-refractivity contribution is -0.123. The number of amides is 1. The van der Waals surface area contributed by atoms with Crippen molar-refractivity contribution in [3.05, 3.63) is 59.9 Å². The van der Waals surface area contributed by atoms with E-state index in [1.165, 1.54) is 24.3 Å². The van der Waals surface area contributed by atoms with Crippen LogP contribution in [0.5, 0.6) is 5.75 Å². The van der Waals surface area contributed by atoms with Crippen molar-refractivity contribution in [3.63, 3.8) is 0 Å². The normalized spacial score (nSPS) is 13.4. The lowest BCUT2D eigenvalue weighted by atomic mass is 10.0. The topological polar surface area (TPSA) is 75.7 Å². The van der Waals surface area contributed by atoms with Crippen LogP contribution in [-0.2, 0) is 14.8 Å². The molecule has 0 unspecified atom stereocenters. The highest BCUT2D eigenvalue weighted by molar-refractivity contribution is 7.92. The van der Waals surface area contributed by atoms with Crippen molar-refractivity contribution >= 4 is 21.6 Å². The monoisotopic (exact) mass is 422 g/mol. The van der Waals surface area contributed by atoms with Gasteiger partial charge in [0.05, 0.1) is 25.1 Å². The molecule has 0 heterocycles. The summed E-state index contributed by atoms with van der Waals surface area (Å²) in [5.74, 6) is -0.184. The van der Waals surface area contributed by atoms with Gasteiger partial charge in [-0.05, 0) is 54.8 Å². The summed E-state index contributed by atoms with van der Waals surface area (Å²) in [6, 6.07) is 11.2. The SMILES string of the molecule is CC[C@H](C(=O)N[C@H](CC)c1ccc(OC)cc1)N(c1ccc(F)cc1)S(C)(=O)=O. The van der Waals surface area contributed by atoms with E-state index in [2.05, 4.69) is 5.32 Å². The number of ether oxygens (including phenoxy) is 1. The number of carbonyl (C=O) groups excluding carboxylic acids is 1. The third kappa shape index (κ3) is 5.69. The van der Waals surface area contributed by atoms with Crippen LogP contribution in [-0.4, -0.2) is 33.7 Å². The van der Waals surface area contributed by atoms with E-state index in [9.17, 15) is 17.6 Å². The maximum absolute atomic E-state index is 13.3. The Bertz CT molecular complexity index is 915. The lowest BCUT2D eigenvalue weighted by Gasteiger charge is -2.31. The molecule has 0 radical (unpaired) electrons. The van der Waals surface area contributed by atoms with Crippen molar-refractivity contribution in [1.29, 1.82) is 0 Å². The van der Waals surface area contributed by atoms with Gasteiger partial charge in [-0.25, -0.2) is 12.8 Å². The summed E-state index contributed by atoms with van der Waals surface area (Å²) >= 11 is 0. The predicted octanol–water partition coefficient (Wildman–Crippen LogP) is 3.65. The number of benzene rings is 2. The number of halogens is 1. The standard InChI is InChI=1S/C21H27FN2O4S/c1-5-19(15-7-13-18(28-3)14-8-15)23-21(25)20(6-2)24(29(4,26)27)17-11-9-16(22)10-12-17/h7-14,19-20H,5-6H2,1-4H3,(H,23,25)/t19-,20-/m1/s1. The Kier molecular flexibility index (Phi) is 7.61. The van der Waals surface area contributed by atoms with Crippen molar-refractivity contribution in [3.8, 4) is 5.75 Å². The fraction of sp³-hybridized carbons (Fsp3) is 0.381. The van der Waals surface area contributed by atoms with E-state index in [1.54, 1.807) is 14.0 Å². The summed E-state index contributed by atoms with van der Waals surface area (Å²) in [5.41, 5.74) is 1.14. The van der Waals surface area contributed by atoms with Gasteiger partial charge in [0.15, 0.2) is 0 Å². The molecule has 158 valence electrons. The molecular weight excluding hydrogens is 395 g/mol. The Labute approximate surface area is 171 Å². The molecule has 6 nitrogen and oxygen atoms in total. The first kappa shape index (κ1) is 22.7. The summed E-state index contributed by atoms with van der Waals surface area (Å²) in [4.78, 5) is 13.1. The number of hydrogen-bond donors (Lipinski definition) is 1. The van der Waals surface area contributed by atoms with Gasteiger partial charge in [0.25, 0.3) is 0 Å². The molecule has 1 amide bonds. The summed E-state index contributed by atoms with van der Waals surface area (Å²) < 4.78 is 44.4. The molecule has 0 aliphatic carbocycles. The molecule has 1 N–H and O–H groups in total. The van der Waals surface area contributed by atoms with Gasteiger partial charge in [0, 0.05) is 0 Å². The van der Waals surface area contributed by atoms with E-state index < -0.39 is 27.8 Å². The smallest absolute Gasteiger partial charge is 0.244 e. The average molecular weight is 423 g/mol.